The number of ether oxygens (including phenoxy) is 1. The maximum Gasteiger partial charge on any atom is 0.308 e. The van der Waals surface area contributed by atoms with E-state index >= 15 is 0 Å². The smallest absolute Gasteiger partial charge is 0.308 e. The maximum absolute atomic E-state index is 11.3. The number of aliphatic hydroxyl groups excluding tert-OH is 1. The number of carbonyl (C=O) groups excluding carboxylic acids is 1. The fraction of sp³-hybridized carbons (Fsp3) is 0.643. The monoisotopic (exact) mass is 285 g/mol. The van der Waals surface area contributed by atoms with Crippen LogP contribution in [0.25, 0.3) is 0 Å². The Morgan fingerprint density at radius 1 is 1.53 bits per heavy atom. The lowest BCUT2D eigenvalue weighted by Crippen LogP contribution is -2.34. The van der Waals surface area contributed by atoms with Gasteiger partial charge in [0.1, 0.15) is 0 Å². The molecule has 5 heteroatoms. The molecule has 0 saturated heterocycles. The summed E-state index contributed by atoms with van der Waals surface area (Å²) < 4.78 is 4.81. The average molecular weight is 285 g/mol. The van der Waals surface area contributed by atoms with Crippen molar-refractivity contribution in [1.29, 1.82) is 0 Å². The second kappa shape index (κ2) is 8.30. The first-order valence-electron chi connectivity index (χ1n) is 6.65. The summed E-state index contributed by atoms with van der Waals surface area (Å²) in [5.74, 6) is 0.0717. The van der Waals surface area contributed by atoms with Crippen molar-refractivity contribution in [2.24, 2.45) is 5.92 Å². The molecule has 0 aliphatic rings. The van der Waals surface area contributed by atoms with Crippen LogP contribution in [0.3, 0.4) is 0 Å². The quantitative estimate of drug-likeness (QED) is 0.720. The van der Waals surface area contributed by atoms with Gasteiger partial charge >= 0.3 is 5.97 Å². The van der Waals surface area contributed by atoms with E-state index in [1.807, 2.05) is 11.4 Å². The molecule has 0 aliphatic carbocycles. The third-order valence-electron chi connectivity index (χ3n) is 2.80. The molecule has 0 aliphatic heterocycles. The summed E-state index contributed by atoms with van der Waals surface area (Å²) in [5.41, 5.74) is 0. The van der Waals surface area contributed by atoms with E-state index in [-0.39, 0.29) is 18.4 Å². The van der Waals surface area contributed by atoms with Crippen LogP contribution in [0.15, 0.2) is 17.5 Å². The van der Waals surface area contributed by atoms with Crippen LogP contribution in [0.1, 0.15) is 38.1 Å². The van der Waals surface area contributed by atoms with Crippen molar-refractivity contribution in [1.82, 2.24) is 5.32 Å². The molecule has 0 saturated carbocycles. The molecule has 4 nitrogen and oxygen atoms in total. The molecule has 2 N–H and O–H groups in total. The van der Waals surface area contributed by atoms with E-state index in [9.17, 15) is 9.90 Å². The van der Waals surface area contributed by atoms with E-state index in [1.165, 1.54) is 4.88 Å². The highest BCUT2D eigenvalue weighted by Crippen LogP contribution is 2.25. The standard InChI is InChI=1S/C14H23NO3S/c1-4-18-13(17)8-11(16)9-15-14(10(2)3)12-6-5-7-19-12/h5-7,10-11,14-16H,4,8-9H2,1-3H3. The van der Waals surface area contributed by atoms with E-state index in [1.54, 1.807) is 18.3 Å². The SMILES string of the molecule is CCOC(=O)CC(O)CNC(c1cccs1)C(C)C. The lowest BCUT2D eigenvalue weighted by Gasteiger charge is -2.22. The summed E-state index contributed by atoms with van der Waals surface area (Å²) >= 11 is 1.70. The van der Waals surface area contributed by atoms with E-state index in [0.717, 1.165) is 0 Å². The van der Waals surface area contributed by atoms with Crippen molar-refractivity contribution < 1.29 is 14.6 Å². The first-order chi connectivity index (χ1) is 9.04. The fourth-order valence-electron chi connectivity index (χ4n) is 1.88. The minimum Gasteiger partial charge on any atom is -0.466 e. The van der Waals surface area contributed by atoms with Crippen LogP contribution in [0.5, 0.6) is 0 Å². The number of rotatable bonds is 8. The van der Waals surface area contributed by atoms with Crippen molar-refractivity contribution in [3.63, 3.8) is 0 Å². The molecule has 0 radical (unpaired) electrons. The Bertz CT molecular complexity index is 365. The molecule has 1 rings (SSSR count). The zero-order valence-electron chi connectivity index (χ0n) is 11.8. The summed E-state index contributed by atoms with van der Waals surface area (Å²) in [7, 11) is 0. The third kappa shape index (κ3) is 5.72. The van der Waals surface area contributed by atoms with Crippen molar-refractivity contribution >= 4 is 17.3 Å². The number of carbonyl (C=O) groups is 1. The highest BCUT2D eigenvalue weighted by Gasteiger charge is 2.19. The number of nitrogens with one attached hydrogen (secondary N) is 1. The zero-order chi connectivity index (χ0) is 14.3. The zero-order valence-corrected chi connectivity index (χ0v) is 12.6. The summed E-state index contributed by atoms with van der Waals surface area (Å²) in [6, 6.07) is 4.31. The molecular formula is C14H23NO3S. The second-order valence-corrected chi connectivity index (χ2v) is 5.79. The normalized spacial score (nSPS) is 14.4. The predicted molar refractivity (Wildman–Crippen MR) is 77.2 cm³/mol. The Hall–Kier alpha value is -0.910. The van der Waals surface area contributed by atoms with Crippen molar-refractivity contribution in [2.45, 2.75) is 39.3 Å². The lowest BCUT2D eigenvalue weighted by molar-refractivity contribution is -0.145. The van der Waals surface area contributed by atoms with Crippen LogP contribution in [0, 0.1) is 5.92 Å². The van der Waals surface area contributed by atoms with Gasteiger partial charge in [-0.15, -0.1) is 11.3 Å². The molecule has 1 aromatic heterocycles. The molecule has 0 fully saturated rings. The van der Waals surface area contributed by atoms with Crippen LogP contribution in [0.4, 0.5) is 0 Å². The van der Waals surface area contributed by atoms with Crippen molar-refractivity contribution in [2.75, 3.05) is 13.2 Å². The van der Waals surface area contributed by atoms with Gasteiger partial charge in [0.15, 0.2) is 0 Å². The minimum atomic E-state index is -0.708. The Morgan fingerprint density at radius 2 is 2.26 bits per heavy atom. The second-order valence-electron chi connectivity index (χ2n) is 4.81. The van der Waals surface area contributed by atoms with Crippen molar-refractivity contribution in [3.8, 4) is 0 Å². The molecule has 2 atom stereocenters. The first-order valence-corrected chi connectivity index (χ1v) is 7.53. The van der Waals surface area contributed by atoms with Gasteiger partial charge in [0.05, 0.1) is 19.1 Å². The number of esters is 1. The largest absolute Gasteiger partial charge is 0.466 e. The summed E-state index contributed by atoms with van der Waals surface area (Å²) in [5, 5.41) is 15.2. The van der Waals surface area contributed by atoms with Gasteiger partial charge in [0.2, 0.25) is 0 Å². The molecule has 19 heavy (non-hydrogen) atoms. The summed E-state index contributed by atoms with van der Waals surface area (Å²) in [6.07, 6.45) is -0.670. The molecule has 108 valence electrons. The number of hydrogen-bond acceptors (Lipinski definition) is 5. The van der Waals surface area contributed by atoms with Crippen LogP contribution >= 0.6 is 11.3 Å². The van der Waals surface area contributed by atoms with Crippen LogP contribution in [0.2, 0.25) is 0 Å². The molecule has 0 spiro atoms. The van der Waals surface area contributed by atoms with Gasteiger partial charge in [-0.05, 0) is 24.3 Å². The van der Waals surface area contributed by atoms with Gasteiger partial charge in [-0.2, -0.15) is 0 Å². The third-order valence-corrected chi connectivity index (χ3v) is 3.75. The van der Waals surface area contributed by atoms with Gasteiger partial charge in [-0.3, -0.25) is 4.79 Å². The minimum absolute atomic E-state index is 0.0378. The van der Waals surface area contributed by atoms with Gasteiger partial charge in [0.25, 0.3) is 0 Å². The average Bonchev–Trinajstić information content (AvgIpc) is 2.82. The highest BCUT2D eigenvalue weighted by atomic mass is 32.1. The fourth-order valence-corrected chi connectivity index (χ4v) is 2.85. The van der Waals surface area contributed by atoms with E-state index in [2.05, 4.69) is 25.2 Å². The van der Waals surface area contributed by atoms with Crippen LogP contribution in [-0.2, 0) is 9.53 Å². The van der Waals surface area contributed by atoms with Gasteiger partial charge < -0.3 is 15.2 Å². The lowest BCUT2D eigenvalue weighted by atomic mass is 10.0. The Balaban J connectivity index is 2.42. The Kier molecular flexibility index (Phi) is 7.05. The highest BCUT2D eigenvalue weighted by molar-refractivity contribution is 7.10. The Morgan fingerprint density at radius 3 is 2.79 bits per heavy atom. The maximum atomic E-state index is 11.3. The molecule has 2 unspecified atom stereocenters. The molecule has 0 aromatic carbocycles. The summed E-state index contributed by atoms with van der Waals surface area (Å²) in [4.78, 5) is 12.5. The first kappa shape index (κ1) is 16.1. The van der Waals surface area contributed by atoms with E-state index < -0.39 is 6.10 Å². The van der Waals surface area contributed by atoms with Crippen LogP contribution < -0.4 is 5.32 Å². The van der Waals surface area contributed by atoms with Gasteiger partial charge in [-0.1, -0.05) is 19.9 Å². The van der Waals surface area contributed by atoms with Gasteiger partial charge in [-0.25, -0.2) is 0 Å². The van der Waals surface area contributed by atoms with Gasteiger partial charge in [0, 0.05) is 17.5 Å². The number of thiophene rings is 1. The Labute approximate surface area is 118 Å². The van der Waals surface area contributed by atoms with E-state index in [0.29, 0.717) is 19.1 Å². The topological polar surface area (TPSA) is 58.6 Å². The van der Waals surface area contributed by atoms with Crippen LogP contribution in [-0.4, -0.2) is 30.3 Å². The molecule has 1 aromatic rings. The summed E-state index contributed by atoms with van der Waals surface area (Å²) in [6.45, 7) is 6.76. The molecule has 1 heterocycles. The van der Waals surface area contributed by atoms with Crippen molar-refractivity contribution in [3.05, 3.63) is 22.4 Å². The van der Waals surface area contributed by atoms with E-state index in [4.69, 9.17) is 4.74 Å². The number of aliphatic hydroxyl groups is 1. The molecule has 0 amide bonds. The predicted octanol–water partition coefficient (Wildman–Crippen LogP) is 2.35. The molecule has 0 bridgehead atoms. The number of hydrogen-bond donors (Lipinski definition) is 2. The molecular weight excluding hydrogens is 262 g/mol.